The van der Waals surface area contributed by atoms with Crippen molar-refractivity contribution >= 4 is 21.6 Å². The van der Waals surface area contributed by atoms with Gasteiger partial charge in [-0.3, -0.25) is 0 Å². The van der Waals surface area contributed by atoms with E-state index >= 15 is 0 Å². The number of aromatic nitrogens is 1. The fraction of sp³-hybridized carbons (Fsp3) is 0. The van der Waals surface area contributed by atoms with E-state index in [1.807, 2.05) is 6.07 Å². The minimum absolute atomic E-state index is 0.229. The van der Waals surface area contributed by atoms with Crippen LogP contribution in [0.4, 0.5) is 4.39 Å². The Bertz CT molecular complexity index is 675. The van der Waals surface area contributed by atoms with Crippen molar-refractivity contribution in [3.63, 3.8) is 0 Å². The summed E-state index contributed by atoms with van der Waals surface area (Å²) in [6, 6.07) is 11.4. The van der Waals surface area contributed by atoms with Crippen LogP contribution < -0.4 is 0 Å². The molecule has 0 atom stereocenters. The van der Waals surface area contributed by atoms with Crippen LogP contribution in [0.5, 0.6) is 5.75 Å². The third-order valence-electron chi connectivity index (χ3n) is 2.57. The second-order valence-corrected chi connectivity index (χ2v) is 4.52. The molecule has 0 amide bonds. The Morgan fingerprint density at radius 1 is 1.06 bits per heavy atom. The maximum Gasteiger partial charge on any atom is 0.123 e. The number of rotatable bonds is 1. The van der Waals surface area contributed by atoms with Gasteiger partial charge in [0.1, 0.15) is 11.6 Å². The van der Waals surface area contributed by atoms with E-state index in [0.29, 0.717) is 0 Å². The Balaban J connectivity index is 2.21. The van der Waals surface area contributed by atoms with Gasteiger partial charge >= 0.3 is 0 Å². The molecule has 0 aliphatic carbocycles. The largest absolute Gasteiger partial charge is 0.508 e. The van der Waals surface area contributed by atoms with Crippen molar-refractivity contribution in [2.24, 2.45) is 0 Å². The van der Waals surface area contributed by atoms with Crippen LogP contribution in [0.15, 0.2) is 42.5 Å². The summed E-state index contributed by atoms with van der Waals surface area (Å²) in [6.45, 7) is 0. The van der Waals surface area contributed by atoms with E-state index in [9.17, 15) is 9.50 Å². The summed E-state index contributed by atoms with van der Waals surface area (Å²) in [5, 5.41) is 10.3. The maximum absolute atomic E-state index is 12.8. The number of phenolic OH excluding ortho intramolecular Hbond substituents is 1. The minimum Gasteiger partial charge on any atom is -0.508 e. The Morgan fingerprint density at radius 2 is 1.82 bits per heavy atom. The van der Waals surface area contributed by atoms with Crippen LogP contribution in [0.2, 0.25) is 0 Å². The molecule has 4 heteroatoms. The van der Waals surface area contributed by atoms with Gasteiger partial charge in [-0.2, -0.15) is 4.37 Å². The lowest BCUT2D eigenvalue weighted by atomic mass is 10.1. The molecule has 2 aromatic carbocycles. The predicted octanol–water partition coefficient (Wildman–Crippen LogP) is 3.81. The standard InChI is InChI=1S/C13H8FNOS/c14-9-3-1-8(2-4-9)13-11-6-5-10(16)7-12(11)17-15-13/h1-7,16H. The van der Waals surface area contributed by atoms with Gasteiger partial charge in [0, 0.05) is 10.9 Å². The van der Waals surface area contributed by atoms with Crippen molar-refractivity contribution < 1.29 is 9.50 Å². The first kappa shape index (κ1) is 10.2. The highest BCUT2D eigenvalue weighted by Crippen LogP contribution is 2.32. The summed E-state index contributed by atoms with van der Waals surface area (Å²) in [5.74, 6) is -0.0299. The number of aromatic hydroxyl groups is 1. The van der Waals surface area contributed by atoms with E-state index < -0.39 is 0 Å². The Kier molecular flexibility index (Phi) is 2.30. The number of halogens is 1. The monoisotopic (exact) mass is 245 g/mol. The van der Waals surface area contributed by atoms with Crippen molar-refractivity contribution in [3.8, 4) is 17.0 Å². The minimum atomic E-state index is -0.258. The smallest absolute Gasteiger partial charge is 0.123 e. The quantitative estimate of drug-likeness (QED) is 0.707. The molecule has 0 radical (unpaired) electrons. The molecule has 0 aliphatic rings. The summed E-state index contributed by atoms with van der Waals surface area (Å²) in [6.07, 6.45) is 0. The number of hydrogen-bond donors (Lipinski definition) is 1. The normalized spacial score (nSPS) is 10.9. The molecule has 1 heterocycles. The van der Waals surface area contributed by atoms with Crippen LogP contribution in [0, 0.1) is 5.82 Å². The van der Waals surface area contributed by atoms with Gasteiger partial charge in [0.2, 0.25) is 0 Å². The molecule has 0 aliphatic heterocycles. The van der Waals surface area contributed by atoms with Gasteiger partial charge in [0.05, 0.1) is 10.4 Å². The van der Waals surface area contributed by atoms with E-state index in [2.05, 4.69) is 4.37 Å². The average Bonchev–Trinajstić information content (AvgIpc) is 2.73. The number of hydrogen-bond acceptors (Lipinski definition) is 3. The van der Waals surface area contributed by atoms with E-state index in [-0.39, 0.29) is 11.6 Å². The molecule has 3 rings (SSSR count). The van der Waals surface area contributed by atoms with Gasteiger partial charge in [-0.25, -0.2) is 4.39 Å². The molecule has 1 aromatic heterocycles. The molecule has 1 N–H and O–H groups in total. The summed E-state index contributed by atoms with van der Waals surface area (Å²) in [7, 11) is 0. The van der Waals surface area contributed by atoms with Gasteiger partial charge in [0.25, 0.3) is 0 Å². The summed E-state index contributed by atoms with van der Waals surface area (Å²) >= 11 is 1.32. The molecule has 0 bridgehead atoms. The van der Waals surface area contributed by atoms with E-state index in [4.69, 9.17) is 0 Å². The molecule has 0 saturated heterocycles. The highest BCUT2D eigenvalue weighted by Gasteiger charge is 2.08. The molecule has 3 aromatic rings. The van der Waals surface area contributed by atoms with Gasteiger partial charge in [-0.05, 0) is 54.0 Å². The Hall–Kier alpha value is -1.94. The molecule has 0 unspecified atom stereocenters. The SMILES string of the molecule is Oc1ccc2c(-c3ccc(F)cc3)nsc2c1. The first-order chi connectivity index (χ1) is 8.24. The molecular weight excluding hydrogens is 237 g/mol. The zero-order valence-corrected chi connectivity index (χ0v) is 9.54. The lowest BCUT2D eigenvalue weighted by Crippen LogP contribution is -1.79. The lowest BCUT2D eigenvalue weighted by Gasteiger charge is -1.98. The number of phenols is 1. The topological polar surface area (TPSA) is 33.1 Å². The zero-order valence-electron chi connectivity index (χ0n) is 8.72. The van der Waals surface area contributed by atoms with Crippen molar-refractivity contribution in [1.29, 1.82) is 0 Å². The van der Waals surface area contributed by atoms with Crippen LogP contribution in [0.25, 0.3) is 21.3 Å². The molecule has 0 saturated carbocycles. The van der Waals surface area contributed by atoms with Gasteiger partial charge in [0.15, 0.2) is 0 Å². The fourth-order valence-corrected chi connectivity index (χ4v) is 2.57. The molecule has 0 spiro atoms. The Labute approximate surface area is 101 Å². The van der Waals surface area contributed by atoms with Crippen LogP contribution in [0.1, 0.15) is 0 Å². The average molecular weight is 245 g/mol. The highest BCUT2D eigenvalue weighted by atomic mass is 32.1. The first-order valence-corrected chi connectivity index (χ1v) is 5.86. The van der Waals surface area contributed by atoms with Crippen LogP contribution >= 0.6 is 11.5 Å². The molecule has 2 nitrogen and oxygen atoms in total. The third-order valence-corrected chi connectivity index (χ3v) is 3.38. The fourth-order valence-electron chi connectivity index (χ4n) is 1.74. The predicted molar refractivity (Wildman–Crippen MR) is 66.7 cm³/mol. The van der Waals surface area contributed by atoms with E-state index in [0.717, 1.165) is 21.3 Å². The van der Waals surface area contributed by atoms with Crippen molar-refractivity contribution in [1.82, 2.24) is 4.37 Å². The highest BCUT2D eigenvalue weighted by molar-refractivity contribution is 7.13. The van der Waals surface area contributed by atoms with Crippen LogP contribution in [-0.4, -0.2) is 9.48 Å². The number of fused-ring (bicyclic) bond motifs is 1. The van der Waals surface area contributed by atoms with E-state index in [1.54, 1.807) is 24.3 Å². The second kappa shape index (κ2) is 3.82. The van der Waals surface area contributed by atoms with Gasteiger partial charge < -0.3 is 5.11 Å². The summed E-state index contributed by atoms with van der Waals surface area (Å²) in [5.41, 5.74) is 1.70. The second-order valence-electron chi connectivity index (χ2n) is 3.72. The van der Waals surface area contributed by atoms with E-state index in [1.165, 1.54) is 23.7 Å². The summed E-state index contributed by atoms with van der Waals surface area (Å²) in [4.78, 5) is 0. The number of nitrogens with zero attached hydrogens (tertiary/aromatic N) is 1. The third kappa shape index (κ3) is 1.76. The van der Waals surface area contributed by atoms with Crippen LogP contribution in [0.3, 0.4) is 0 Å². The van der Waals surface area contributed by atoms with Gasteiger partial charge in [-0.15, -0.1) is 0 Å². The lowest BCUT2D eigenvalue weighted by molar-refractivity contribution is 0.476. The van der Waals surface area contributed by atoms with Gasteiger partial charge in [-0.1, -0.05) is 0 Å². The van der Waals surface area contributed by atoms with Crippen molar-refractivity contribution in [2.45, 2.75) is 0 Å². The van der Waals surface area contributed by atoms with Crippen molar-refractivity contribution in [2.75, 3.05) is 0 Å². The maximum atomic E-state index is 12.8. The molecule has 17 heavy (non-hydrogen) atoms. The molecule has 84 valence electrons. The zero-order chi connectivity index (χ0) is 11.8. The van der Waals surface area contributed by atoms with Crippen molar-refractivity contribution in [3.05, 3.63) is 48.3 Å². The molecular formula is C13H8FNOS. The first-order valence-electron chi connectivity index (χ1n) is 5.08. The Morgan fingerprint density at radius 3 is 2.59 bits per heavy atom. The number of benzene rings is 2. The summed E-state index contributed by atoms with van der Waals surface area (Å²) < 4.78 is 18.1. The molecule has 0 fully saturated rings. The van der Waals surface area contributed by atoms with Crippen LogP contribution in [-0.2, 0) is 0 Å².